The molecule has 0 aromatic carbocycles. The number of methoxy groups -OCH3 is 2. The molecule has 0 amide bonds. The average molecular weight is 248 g/mol. The normalized spacial score (nSPS) is 10.3. The first-order chi connectivity index (χ1) is 8.85. The summed E-state index contributed by atoms with van der Waals surface area (Å²) in [5.41, 5.74) is 0.809. The second-order valence-corrected chi connectivity index (χ2v) is 3.68. The smallest absolute Gasteiger partial charge is 0.183 e. The van der Waals surface area contributed by atoms with E-state index in [4.69, 9.17) is 13.9 Å². The van der Waals surface area contributed by atoms with E-state index in [1.54, 1.807) is 32.7 Å². The minimum Gasteiger partial charge on any atom is -0.493 e. The van der Waals surface area contributed by atoms with Crippen LogP contribution in [0.2, 0.25) is 0 Å². The first kappa shape index (κ1) is 12.4. The first-order valence-corrected chi connectivity index (χ1v) is 5.64. The van der Waals surface area contributed by atoms with Crippen molar-refractivity contribution in [2.45, 2.75) is 13.1 Å². The summed E-state index contributed by atoms with van der Waals surface area (Å²) in [7, 11) is 3.22. The molecule has 5 nitrogen and oxygen atoms in total. The molecule has 5 heteroatoms. The third kappa shape index (κ3) is 2.81. The summed E-state index contributed by atoms with van der Waals surface area (Å²) < 4.78 is 15.8. The van der Waals surface area contributed by atoms with Crippen LogP contribution in [0.15, 0.2) is 35.1 Å². The van der Waals surface area contributed by atoms with Gasteiger partial charge in [-0.3, -0.25) is 4.98 Å². The third-order valence-corrected chi connectivity index (χ3v) is 2.54. The Morgan fingerprint density at radius 1 is 1.22 bits per heavy atom. The summed E-state index contributed by atoms with van der Waals surface area (Å²) in [5.74, 6) is 2.23. The van der Waals surface area contributed by atoms with Gasteiger partial charge in [0.15, 0.2) is 11.5 Å². The molecule has 0 aliphatic heterocycles. The van der Waals surface area contributed by atoms with E-state index in [-0.39, 0.29) is 0 Å². The molecule has 0 atom stereocenters. The number of hydrogen-bond donors (Lipinski definition) is 1. The second kappa shape index (κ2) is 6.07. The lowest BCUT2D eigenvalue weighted by atomic mass is 10.3. The van der Waals surface area contributed by atoms with Crippen molar-refractivity contribution in [1.82, 2.24) is 10.3 Å². The minimum atomic E-state index is 0.584. The van der Waals surface area contributed by atoms with Crippen molar-refractivity contribution in [2.75, 3.05) is 14.2 Å². The molecule has 2 rings (SSSR count). The van der Waals surface area contributed by atoms with Gasteiger partial charge in [0.25, 0.3) is 0 Å². The van der Waals surface area contributed by atoms with Crippen molar-refractivity contribution in [3.8, 4) is 11.5 Å². The van der Waals surface area contributed by atoms with Gasteiger partial charge in [-0.05, 0) is 12.1 Å². The highest BCUT2D eigenvalue weighted by Gasteiger charge is 2.10. The highest BCUT2D eigenvalue weighted by Crippen LogP contribution is 2.28. The topological polar surface area (TPSA) is 56.5 Å². The minimum absolute atomic E-state index is 0.584. The number of nitrogens with zero attached hydrogens (tertiary/aromatic N) is 1. The van der Waals surface area contributed by atoms with Crippen LogP contribution in [0.5, 0.6) is 11.5 Å². The lowest BCUT2D eigenvalue weighted by Gasteiger charge is -2.11. The van der Waals surface area contributed by atoms with Gasteiger partial charge in [0.2, 0.25) is 0 Å². The van der Waals surface area contributed by atoms with Gasteiger partial charge in [-0.2, -0.15) is 0 Å². The van der Waals surface area contributed by atoms with Crippen LogP contribution in [-0.4, -0.2) is 19.2 Å². The van der Waals surface area contributed by atoms with Crippen molar-refractivity contribution in [3.05, 3.63) is 42.1 Å². The van der Waals surface area contributed by atoms with E-state index in [9.17, 15) is 0 Å². The summed E-state index contributed by atoms with van der Waals surface area (Å²) >= 11 is 0. The van der Waals surface area contributed by atoms with Gasteiger partial charge in [-0.1, -0.05) is 0 Å². The molecule has 2 aromatic rings. The Hall–Kier alpha value is -2.01. The zero-order valence-corrected chi connectivity index (χ0v) is 10.5. The largest absolute Gasteiger partial charge is 0.493 e. The molecular weight excluding hydrogens is 232 g/mol. The fourth-order valence-electron chi connectivity index (χ4n) is 1.69. The monoisotopic (exact) mass is 248 g/mol. The van der Waals surface area contributed by atoms with Gasteiger partial charge in [-0.25, -0.2) is 0 Å². The summed E-state index contributed by atoms with van der Waals surface area (Å²) in [4.78, 5) is 4.28. The molecule has 96 valence electrons. The third-order valence-electron chi connectivity index (χ3n) is 2.54. The maximum absolute atomic E-state index is 5.30. The molecule has 0 unspecified atom stereocenters. The van der Waals surface area contributed by atoms with Crippen molar-refractivity contribution in [1.29, 1.82) is 0 Å². The fourth-order valence-corrected chi connectivity index (χ4v) is 1.69. The molecule has 0 radical (unpaired) electrons. The van der Waals surface area contributed by atoms with E-state index in [1.807, 2.05) is 12.1 Å². The molecule has 0 saturated carbocycles. The van der Waals surface area contributed by atoms with Crippen LogP contribution in [0.4, 0.5) is 0 Å². The number of nitrogens with one attached hydrogen (secondary N) is 1. The van der Waals surface area contributed by atoms with E-state index in [1.165, 1.54) is 0 Å². The standard InChI is InChI=1S/C13H16N2O3/c1-16-12-5-6-15-11(13(12)17-2)9-14-8-10-4-3-7-18-10/h3-7,14H,8-9H2,1-2H3. The van der Waals surface area contributed by atoms with Crippen LogP contribution in [0, 0.1) is 0 Å². The Kier molecular flexibility index (Phi) is 4.20. The van der Waals surface area contributed by atoms with Crippen molar-refractivity contribution in [2.24, 2.45) is 0 Å². The van der Waals surface area contributed by atoms with Gasteiger partial charge in [0.1, 0.15) is 5.76 Å². The van der Waals surface area contributed by atoms with Crippen LogP contribution >= 0.6 is 0 Å². The van der Waals surface area contributed by atoms with E-state index >= 15 is 0 Å². The van der Waals surface area contributed by atoms with Crippen LogP contribution in [-0.2, 0) is 13.1 Å². The molecule has 0 aliphatic carbocycles. The zero-order chi connectivity index (χ0) is 12.8. The highest BCUT2D eigenvalue weighted by atomic mass is 16.5. The SMILES string of the molecule is COc1ccnc(CNCc2ccco2)c1OC. The molecule has 2 aromatic heterocycles. The van der Waals surface area contributed by atoms with E-state index in [0.717, 1.165) is 11.5 Å². The number of furan rings is 1. The summed E-state index contributed by atoms with van der Waals surface area (Å²) in [6.07, 6.45) is 3.35. The van der Waals surface area contributed by atoms with Crippen LogP contribution in [0.3, 0.4) is 0 Å². The predicted octanol–water partition coefficient (Wildman–Crippen LogP) is 1.98. The average Bonchev–Trinajstić information content (AvgIpc) is 2.91. The summed E-state index contributed by atoms with van der Waals surface area (Å²) in [6.45, 7) is 1.23. The van der Waals surface area contributed by atoms with Crippen LogP contribution < -0.4 is 14.8 Å². The Morgan fingerprint density at radius 3 is 2.78 bits per heavy atom. The lowest BCUT2D eigenvalue weighted by molar-refractivity contribution is 0.347. The predicted molar refractivity (Wildman–Crippen MR) is 66.6 cm³/mol. The van der Waals surface area contributed by atoms with Crippen molar-refractivity contribution in [3.63, 3.8) is 0 Å². The highest BCUT2D eigenvalue weighted by molar-refractivity contribution is 5.42. The molecule has 0 saturated heterocycles. The molecule has 0 bridgehead atoms. The van der Waals surface area contributed by atoms with Gasteiger partial charge >= 0.3 is 0 Å². The summed E-state index contributed by atoms with van der Waals surface area (Å²) in [5, 5.41) is 3.24. The quantitative estimate of drug-likeness (QED) is 0.847. The van der Waals surface area contributed by atoms with Gasteiger partial charge in [0.05, 0.1) is 32.7 Å². The van der Waals surface area contributed by atoms with Crippen molar-refractivity contribution < 1.29 is 13.9 Å². The van der Waals surface area contributed by atoms with Gasteiger partial charge < -0.3 is 19.2 Å². The molecule has 0 spiro atoms. The second-order valence-electron chi connectivity index (χ2n) is 3.68. The van der Waals surface area contributed by atoms with Crippen molar-refractivity contribution >= 4 is 0 Å². The first-order valence-electron chi connectivity index (χ1n) is 5.64. The zero-order valence-electron chi connectivity index (χ0n) is 10.5. The number of aromatic nitrogens is 1. The Morgan fingerprint density at radius 2 is 2.11 bits per heavy atom. The van der Waals surface area contributed by atoms with Gasteiger partial charge in [-0.15, -0.1) is 0 Å². The Balaban J connectivity index is 2.00. The van der Waals surface area contributed by atoms with E-state index in [0.29, 0.717) is 24.6 Å². The fraction of sp³-hybridized carbons (Fsp3) is 0.308. The lowest BCUT2D eigenvalue weighted by Crippen LogP contribution is -2.14. The number of pyridine rings is 1. The molecule has 18 heavy (non-hydrogen) atoms. The Bertz CT molecular complexity index is 483. The van der Waals surface area contributed by atoms with Gasteiger partial charge in [0, 0.05) is 18.8 Å². The van der Waals surface area contributed by atoms with Crippen LogP contribution in [0.1, 0.15) is 11.5 Å². The number of rotatable bonds is 6. The maximum Gasteiger partial charge on any atom is 0.183 e. The maximum atomic E-state index is 5.30. The Labute approximate surface area is 106 Å². The molecular formula is C13H16N2O3. The molecule has 0 fully saturated rings. The van der Waals surface area contributed by atoms with Crippen LogP contribution in [0.25, 0.3) is 0 Å². The molecule has 0 aliphatic rings. The molecule has 1 N–H and O–H groups in total. The van der Waals surface area contributed by atoms with E-state index < -0.39 is 0 Å². The number of hydrogen-bond acceptors (Lipinski definition) is 5. The summed E-state index contributed by atoms with van der Waals surface area (Å²) in [6, 6.07) is 5.56. The molecule has 2 heterocycles. The number of ether oxygens (including phenoxy) is 2. The van der Waals surface area contributed by atoms with E-state index in [2.05, 4.69) is 10.3 Å².